The highest BCUT2D eigenvalue weighted by molar-refractivity contribution is 7.22. The van der Waals surface area contributed by atoms with Crippen LogP contribution in [0, 0.1) is 13.8 Å². The number of pyridine rings is 1. The lowest BCUT2D eigenvalue weighted by Crippen LogP contribution is -2.37. The first-order valence-corrected chi connectivity index (χ1v) is 10.9. The van der Waals surface area contributed by atoms with E-state index < -0.39 is 0 Å². The van der Waals surface area contributed by atoms with Crippen molar-refractivity contribution in [3.05, 3.63) is 47.3 Å². The minimum absolute atomic E-state index is 0.0226. The molecule has 1 aromatic carbocycles. The van der Waals surface area contributed by atoms with Crippen LogP contribution < -0.4 is 4.90 Å². The van der Waals surface area contributed by atoms with E-state index in [9.17, 15) is 4.79 Å². The molecule has 3 aromatic heterocycles. The lowest BCUT2D eigenvalue weighted by molar-refractivity contribution is 0.0918. The van der Waals surface area contributed by atoms with Gasteiger partial charge in [-0.1, -0.05) is 23.5 Å². The third-order valence-electron chi connectivity index (χ3n) is 5.50. The summed E-state index contributed by atoms with van der Waals surface area (Å²) in [6, 6.07) is 9.82. The molecule has 1 saturated heterocycles. The van der Waals surface area contributed by atoms with Crippen LogP contribution in [0.5, 0.6) is 0 Å². The number of hydrogen-bond acceptors (Lipinski definition) is 6. The average Bonchev–Trinajstić information content (AvgIpc) is 3.45. The number of para-hydroxylation sites is 1. The van der Waals surface area contributed by atoms with Gasteiger partial charge in [-0.25, -0.2) is 9.97 Å². The molecule has 8 heteroatoms. The molecule has 0 radical (unpaired) electrons. The maximum absolute atomic E-state index is 13.9. The lowest BCUT2D eigenvalue weighted by Gasteiger charge is -2.23. The Morgan fingerprint density at radius 1 is 1.30 bits per heavy atom. The van der Waals surface area contributed by atoms with Gasteiger partial charge in [-0.15, -0.1) is 0 Å². The summed E-state index contributed by atoms with van der Waals surface area (Å²) in [4.78, 5) is 25.1. The van der Waals surface area contributed by atoms with Gasteiger partial charge in [-0.2, -0.15) is 5.10 Å². The van der Waals surface area contributed by atoms with E-state index >= 15 is 0 Å². The second-order valence-corrected chi connectivity index (χ2v) is 8.74. The van der Waals surface area contributed by atoms with E-state index in [1.165, 1.54) is 11.3 Å². The summed E-state index contributed by atoms with van der Waals surface area (Å²) in [6.07, 6.45) is 1.99. The Bertz CT molecular complexity index is 1220. The lowest BCUT2D eigenvalue weighted by atomic mass is 10.1. The molecule has 0 spiro atoms. The minimum atomic E-state index is -0.0869. The summed E-state index contributed by atoms with van der Waals surface area (Å²) in [6.45, 7) is 5.05. The van der Waals surface area contributed by atoms with Crippen molar-refractivity contribution in [3.63, 3.8) is 0 Å². The molecule has 154 valence electrons. The van der Waals surface area contributed by atoms with Crippen LogP contribution in [0.1, 0.15) is 34.6 Å². The quantitative estimate of drug-likeness (QED) is 0.498. The molecule has 1 atom stereocenters. The zero-order valence-electron chi connectivity index (χ0n) is 17.3. The summed E-state index contributed by atoms with van der Waals surface area (Å²) in [5, 5.41) is 5.98. The monoisotopic (exact) mass is 421 g/mol. The summed E-state index contributed by atoms with van der Waals surface area (Å²) in [7, 11) is 1.85. The Morgan fingerprint density at radius 2 is 2.13 bits per heavy atom. The van der Waals surface area contributed by atoms with Gasteiger partial charge in [0.2, 0.25) is 0 Å². The fourth-order valence-electron chi connectivity index (χ4n) is 4.10. The molecule has 1 amide bonds. The second kappa shape index (κ2) is 7.45. The van der Waals surface area contributed by atoms with Gasteiger partial charge in [0, 0.05) is 19.3 Å². The van der Waals surface area contributed by atoms with Gasteiger partial charge in [-0.05, 0) is 44.9 Å². The highest BCUT2D eigenvalue weighted by Crippen LogP contribution is 2.32. The molecule has 0 saturated carbocycles. The van der Waals surface area contributed by atoms with Gasteiger partial charge < -0.3 is 4.74 Å². The van der Waals surface area contributed by atoms with Crippen molar-refractivity contribution in [1.82, 2.24) is 19.7 Å². The van der Waals surface area contributed by atoms with E-state index in [0.717, 1.165) is 52.1 Å². The van der Waals surface area contributed by atoms with E-state index in [4.69, 9.17) is 9.72 Å². The number of hydrogen-bond donors (Lipinski definition) is 0. The summed E-state index contributed by atoms with van der Waals surface area (Å²) < 4.78 is 8.65. The number of fused-ring (bicyclic) bond motifs is 2. The third kappa shape index (κ3) is 3.26. The highest BCUT2D eigenvalue weighted by Gasteiger charge is 2.29. The predicted octanol–water partition coefficient (Wildman–Crippen LogP) is 4.02. The molecule has 4 heterocycles. The second-order valence-electron chi connectivity index (χ2n) is 7.73. The number of carbonyl (C=O) groups excluding carboxylic acids is 1. The van der Waals surface area contributed by atoms with Crippen molar-refractivity contribution >= 4 is 43.6 Å². The van der Waals surface area contributed by atoms with Crippen molar-refractivity contribution in [3.8, 4) is 0 Å². The number of thiazole rings is 1. The van der Waals surface area contributed by atoms with Crippen LogP contribution >= 0.6 is 11.3 Å². The normalized spacial score (nSPS) is 16.6. The molecule has 0 N–H and O–H groups in total. The van der Waals surface area contributed by atoms with Crippen LogP contribution in [-0.4, -0.2) is 44.9 Å². The van der Waals surface area contributed by atoms with Crippen LogP contribution in [0.15, 0.2) is 30.3 Å². The number of aryl methyl sites for hydroxylation is 3. The molecule has 0 aliphatic carbocycles. The number of aromatic nitrogens is 4. The largest absolute Gasteiger partial charge is 0.376 e. The maximum Gasteiger partial charge on any atom is 0.261 e. The number of rotatable bonds is 4. The first kappa shape index (κ1) is 19.1. The number of amides is 1. The molecule has 1 aliphatic heterocycles. The first-order valence-electron chi connectivity index (χ1n) is 10.1. The van der Waals surface area contributed by atoms with Crippen molar-refractivity contribution in [2.24, 2.45) is 7.05 Å². The van der Waals surface area contributed by atoms with Crippen LogP contribution in [0.4, 0.5) is 5.13 Å². The summed E-state index contributed by atoms with van der Waals surface area (Å²) in [5.41, 5.74) is 3.81. The number of ether oxygens (including phenoxy) is 1. The molecular weight excluding hydrogens is 398 g/mol. The fraction of sp³-hybridized carbons (Fsp3) is 0.364. The summed E-state index contributed by atoms with van der Waals surface area (Å²) in [5.74, 6) is -0.0869. The van der Waals surface area contributed by atoms with Gasteiger partial charge in [-0.3, -0.25) is 14.4 Å². The number of carbonyl (C=O) groups is 1. The highest BCUT2D eigenvalue weighted by atomic mass is 32.1. The molecule has 30 heavy (non-hydrogen) atoms. The average molecular weight is 422 g/mol. The molecule has 1 fully saturated rings. The maximum atomic E-state index is 13.9. The molecule has 5 rings (SSSR count). The number of anilines is 1. The van der Waals surface area contributed by atoms with E-state index in [0.29, 0.717) is 17.2 Å². The number of nitrogens with zero attached hydrogens (tertiary/aromatic N) is 5. The van der Waals surface area contributed by atoms with Crippen molar-refractivity contribution in [1.29, 1.82) is 0 Å². The van der Waals surface area contributed by atoms with Gasteiger partial charge in [0.05, 0.1) is 39.5 Å². The number of benzene rings is 1. The van der Waals surface area contributed by atoms with Crippen molar-refractivity contribution in [2.75, 3.05) is 18.1 Å². The molecule has 1 aliphatic rings. The van der Waals surface area contributed by atoms with Crippen LogP contribution in [0.2, 0.25) is 0 Å². The molecule has 0 bridgehead atoms. The topological polar surface area (TPSA) is 73.1 Å². The summed E-state index contributed by atoms with van der Waals surface area (Å²) >= 11 is 1.53. The van der Waals surface area contributed by atoms with Gasteiger partial charge in [0.1, 0.15) is 0 Å². The van der Waals surface area contributed by atoms with E-state index in [2.05, 4.69) is 10.1 Å². The fourth-order valence-corrected chi connectivity index (χ4v) is 5.07. The first-order chi connectivity index (χ1) is 14.5. The Balaban J connectivity index is 1.64. The van der Waals surface area contributed by atoms with Gasteiger partial charge in [0.15, 0.2) is 10.8 Å². The smallest absolute Gasteiger partial charge is 0.261 e. The van der Waals surface area contributed by atoms with E-state index in [1.807, 2.05) is 51.2 Å². The van der Waals surface area contributed by atoms with Crippen LogP contribution in [0.3, 0.4) is 0 Å². The van der Waals surface area contributed by atoms with Crippen molar-refractivity contribution < 1.29 is 9.53 Å². The van der Waals surface area contributed by atoms with Crippen molar-refractivity contribution in [2.45, 2.75) is 32.8 Å². The van der Waals surface area contributed by atoms with Gasteiger partial charge >= 0.3 is 0 Å². The van der Waals surface area contributed by atoms with Gasteiger partial charge in [0.25, 0.3) is 5.91 Å². The third-order valence-corrected chi connectivity index (χ3v) is 6.56. The molecule has 1 unspecified atom stereocenters. The van der Waals surface area contributed by atoms with E-state index in [1.54, 1.807) is 9.58 Å². The Hall–Kier alpha value is -2.84. The molecular formula is C22H23N5O2S. The predicted molar refractivity (Wildman–Crippen MR) is 118 cm³/mol. The molecule has 7 nitrogen and oxygen atoms in total. The van der Waals surface area contributed by atoms with E-state index in [-0.39, 0.29) is 12.0 Å². The Labute approximate surface area is 178 Å². The zero-order valence-corrected chi connectivity index (χ0v) is 18.1. The van der Waals surface area contributed by atoms with Crippen LogP contribution in [-0.2, 0) is 11.8 Å². The standard InChI is InChI=1S/C22H23N5O2S/c1-13-11-16(19-14(2)25-26(3)20(19)23-13)21(28)27(12-15-7-6-10-29-15)22-24-17-8-4-5-9-18(17)30-22/h4-5,8-9,11,15H,6-7,10,12H2,1-3H3. The Morgan fingerprint density at radius 3 is 2.90 bits per heavy atom. The SMILES string of the molecule is Cc1cc(C(=O)N(CC2CCCO2)c2nc3ccccc3s2)c2c(C)nn(C)c2n1. The zero-order chi connectivity index (χ0) is 20.8. The Kier molecular flexibility index (Phi) is 4.75. The van der Waals surface area contributed by atoms with Crippen LogP contribution in [0.25, 0.3) is 21.3 Å². The molecule has 4 aromatic rings. The minimum Gasteiger partial charge on any atom is -0.376 e.